The summed E-state index contributed by atoms with van der Waals surface area (Å²) in [6, 6.07) is 5.74. The van der Waals surface area contributed by atoms with E-state index in [0.29, 0.717) is 0 Å². The predicted molar refractivity (Wildman–Crippen MR) is 73.9 cm³/mol. The van der Waals surface area contributed by atoms with Crippen molar-refractivity contribution in [3.63, 3.8) is 0 Å². The minimum atomic E-state index is -1.03. The Labute approximate surface area is 117 Å². The second kappa shape index (κ2) is 5.53. The highest BCUT2D eigenvalue weighted by Crippen LogP contribution is 2.45. The zero-order valence-electron chi connectivity index (χ0n) is 11.7. The molecule has 0 heterocycles. The van der Waals surface area contributed by atoms with Gasteiger partial charge < -0.3 is 15.2 Å². The first kappa shape index (κ1) is 14.4. The van der Waals surface area contributed by atoms with Crippen LogP contribution in [0.3, 0.4) is 0 Å². The fourth-order valence-electron chi connectivity index (χ4n) is 2.62. The molecule has 0 unspecified atom stereocenters. The molecule has 2 rings (SSSR count). The van der Waals surface area contributed by atoms with Gasteiger partial charge in [0.2, 0.25) is 5.91 Å². The highest BCUT2D eigenvalue weighted by molar-refractivity contribution is 5.91. The predicted octanol–water partition coefficient (Wildman–Crippen LogP) is 1.63. The zero-order valence-corrected chi connectivity index (χ0v) is 11.7. The Hall–Kier alpha value is -2.04. The third-order valence-corrected chi connectivity index (χ3v) is 4.00. The molecular weight excluding hydrogens is 258 g/mol. The Morgan fingerprint density at radius 3 is 2.60 bits per heavy atom. The number of nitrogens with one attached hydrogen (secondary N) is 1. The summed E-state index contributed by atoms with van der Waals surface area (Å²) in [6.45, 7) is 1.60. The normalized spacial score (nSPS) is 16.1. The zero-order chi connectivity index (χ0) is 14.8. The Balaban J connectivity index is 2.26. The first-order valence-corrected chi connectivity index (χ1v) is 6.65. The standard InChI is InChI=1S/C15H19NO4/c1-10-4-5-11(8-12(10)20-2)15(6-3-7-15)14(19)16-9-13(17)18/h4-5,8H,3,6-7,9H2,1-2H3,(H,16,19)(H,17,18). The molecule has 20 heavy (non-hydrogen) atoms. The van der Waals surface area contributed by atoms with Crippen LogP contribution in [0.25, 0.3) is 0 Å². The number of carbonyl (C=O) groups is 2. The molecule has 0 aliphatic heterocycles. The van der Waals surface area contributed by atoms with Crippen LogP contribution in [0.5, 0.6) is 5.75 Å². The van der Waals surface area contributed by atoms with Crippen molar-refractivity contribution in [1.29, 1.82) is 0 Å². The van der Waals surface area contributed by atoms with Gasteiger partial charge in [-0.15, -0.1) is 0 Å². The molecule has 1 amide bonds. The van der Waals surface area contributed by atoms with Crippen LogP contribution < -0.4 is 10.1 Å². The minimum Gasteiger partial charge on any atom is -0.496 e. The highest BCUT2D eigenvalue weighted by atomic mass is 16.5. The van der Waals surface area contributed by atoms with Gasteiger partial charge in [-0.25, -0.2) is 0 Å². The van der Waals surface area contributed by atoms with Crippen LogP contribution in [0.1, 0.15) is 30.4 Å². The third-order valence-electron chi connectivity index (χ3n) is 4.00. The van der Waals surface area contributed by atoms with E-state index in [1.165, 1.54) is 0 Å². The molecule has 2 N–H and O–H groups in total. The maximum absolute atomic E-state index is 12.3. The monoisotopic (exact) mass is 277 g/mol. The minimum absolute atomic E-state index is 0.211. The van der Waals surface area contributed by atoms with Crippen LogP contribution in [-0.4, -0.2) is 30.6 Å². The van der Waals surface area contributed by atoms with Gasteiger partial charge in [0.15, 0.2) is 0 Å². The molecule has 1 aliphatic carbocycles. The lowest BCUT2D eigenvalue weighted by Gasteiger charge is -2.40. The number of carbonyl (C=O) groups excluding carboxylic acids is 1. The summed E-state index contributed by atoms with van der Waals surface area (Å²) in [5.41, 5.74) is 1.31. The lowest BCUT2D eigenvalue weighted by atomic mass is 9.63. The summed E-state index contributed by atoms with van der Waals surface area (Å²) in [4.78, 5) is 22.9. The van der Waals surface area contributed by atoms with Crippen molar-refractivity contribution in [3.8, 4) is 5.75 Å². The number of amides is 1. The number of aliphatic carboxylic acids is 1. The van der Waals surface area contributed by atoms with E-state index in [1.807, 2.05) is 25.1 Å². The average Bonchev–Trinajstić information content (AvgIpc) is 2.36. The van der Waals surface area contributed by atoms with Crippen molar-refractivity contribution in [3.05, 3.63) is 29.3 Å². The van der Waals surface area contributed by atoms with Crippen molar-refractivity contribution < 1.29 is 19.4 Å². The number of rotatable bonds is 5. The van der Waals surface area contributed by atoms with Crippen LogP contribution in [0.15, 0.2) is 18.2 Å². The largest absolute Gasteiger partial charge is 0.496 e. The van der Waals surface area contributed by atoms with Gasteiger partial charge in [-0.05, 0) is 37.0 Å². The quantitative estimate of drug-likeness (QED) is 0.857. The van der Waals surface area contributed by atoms with E-state index in [2.05, 4.69) is 5.32 Å². The van der Waals surface area contributed by atoms with Crippen LogP contribution in [-0.2, 0) is 15.0 Å². The Morgan fingerprint density at radius 2 is 2.10 bits per heavy atom. The number of hydrogen-bond donors (Lipinski definition) is 2. The summed E-state index contributed by atoms with van der Waals surface area (Å²) in [5.74, 6) is -0.494. The Bertz CT molecular complexity index is 535. The molecule has 108 valence electrons. The lowest BCUT2D eigenvalue weighted by molar-refractivity contribution is -0.139. The van der Waals surface area contributed by atoms with E-state index < -0.39 is 11.4 Å². The fraction of sp³-hybridized carbons (Fsp3) is 0.467. The second-order valence-electron chi connectivity index (χ2n) is 5.20. The van der Waals surface area contributed by atoms with Gasteiger partial charge in [0.1, 0.15) is 12.3 Å². The van der Waals surface area contributed by atoms with E-state index >= 15 is 0 Å². The highest BCUT2D eigenvalue weighted by Gasteiger charge is 2.45. The molecular formula is C15H19NO4. The molecule has 0 saturated heterocycles. The molecule has 1 aromatic rings. The number of benzene rings is 1. The first-order chi connectivity index (χ1) is 9.49. The Kier molecular flexibility index (Phi) is 3.97. The van der Waals surface area contributed by atoms with E-state index in [0.717, 1.165) is 36.1 Å². The number of aryl methyl sites for hydroxylation is 1. The van der Waals surface area contributed by atoms with Crippen LogP contribution in [0.4, 0.5) is 0 Å². The smallest absolute Gasteiger partial charge is 0.322 e. The second-order valence-corrected chi connectivity index (χ2v) is 5.20. The van der Waals surface area contributed by atoms with Crippen molar-refractivity contribution in [1.82, 2.24) is 5.32 Å². The summed E-state index contributed by atoms with van der Waals surface area (Å²) in [5, 5.41) is 11.2. The molecule has 0 atom stereocenters. The molecule has 0 spiro atoms. The maximum Gasteiger partial charge on any atom is 0.322 e. The molecule has 0 bridgehead atoms. The van der Waals surface area contributed by atoms with E-state index in [9.17, 15) is 9.59 Å². The molecule has 0 aromatic heterocycles. The molecule has 0 radical (unpaired) electrons. The lowest BCUT2D eigenvalue weighted by Crippen LogP contribution is -2.50. The fourth-order valence-corrected chi connectivity index (χ4v) is 2.62. The van der Waals surface area contributed by atoms with Crippen molar-refractivity contribution in [2.75, 3.05) is 13.7 Å². The van der Waals surface area contributed by atoms with Gasteiger partial charge in [-0.3, -0.25) is 9.59 Å². The number of ether oxygens (including phenoxy) is 1. The van der Waals surface area contributed by atoms with Gasteiger partial charge in [0.05, 0.1) is 12.5 Å². The number of hydrogen-bond acceptors (Lipinski definition) is 3. The van der Waals surface area contributed by atoms with E-state index in [-0.39, 0.29) is 12.5 Å². The molecule has 5 heteroatoms. The molecule has 1 fully saturated rings. The van der Waals surface area contributed by atoms with Crippen molar-refractivity contribution in [2.45, 2.75) is 31.6 Å². The summed E-state index contributed by atoms with van der Waals surface area (Å²) < 4.78 is 5.30. The van der Waals surface area contributed by atoms with Gasteiger partial charge in [-0.2, -0.15) is 0 Å². The van der Waals surface area contributed by atoms with Crippen LogP contribution in [0.2, 0.25) is 0 Å². The molecule has 5 nitrogen and oxygen atoms in total. The molecule has 1 saturated carbocycles. The van der Waals surface area contributed by atoms with Crippen molar-refractivity contribution in [2.24, 2.45) is 0 Å². The van der Waals surface area contributed by atoms with Gasteiger partial charge in [0, 0.05) is 0 Å². The summed E-state index contributed by atoms with van der Waals surface area (Å²) in [6.07, 6.45) is 2.45. The van der Waals surface area contributed by atoms with E-state index in [1.54, 1.807) is 7.11 Å². The molecule has 1 aromatic carbocycles. The molecule has 1 aliphatic rings. The topological polar surface area (TPSA) is 75.6 Å². The number of methoxy groups -OCH3 is 1. The summed E-state index contributed by atoms with van der Waals surface area (Å²) in [7, 11) is 1.60. The number of carboxylic acid groups (broad SMARTS) is 1. The van der Waals surface area contributed by atoms with Crippen molar-refractivity contribution >= 4 is 11.9 Å². The van der Waals surface area contributed by atoms with Gasteiger partial charge in [0.25, 0.3) is 0 Å². The Morgan fingerprint density at radius 1 is 1.40 bits per heavy atom. The number of carboxylic acids is 1. The SMILES string of the molecule is COc1cc(C2(C(=O)NCC(=O)O)CCC2)ccc1C. The van der Waals surface area contributed by atoms with Gasteiger partial charge in [-0.1, -0.05) is 18.6 Å². The average molecular weight is 277 g/mol. The third kappa shape index (κ3) is 2.48. The van der Waals surface area contributed by atoms with Crippen LogP contribution >= 0.6 is 0 Å². The first-order valence-electron chi connectivity index (χ1n) is 6.65. The summed E-state index contributed by atoms with van der Waals surface area (Å²) >= 11 is 0. The maximum atomic E-state index is 12.3. The van der Waals surface area contributed by atoms with Gasteiger partial charge >= 0.3 is 5.97 Å². The van der Waals surface area contributed by atoms with E-state index in [4.69, 9.17) is 9.84 Å². The van der Waals surface area contributed by atoms with Crippen LogP contribution in [0, 0.1) is 6.92 Å².